The minimum Gasteiger partial charge on any atom is -0.487 e. The van der Waals surface area contributed by atoms with E-state index in [0.717, 1.165) is 0 Å². The molecule has 1 aromatic heterocycles. The van der Waals surface area contributed by atoms with Crippen molar-refractivity contribution in [2.75, 3.05) is 0 Å². The molecule has 0 saturated carbocycles. The summed E-state index contributed by atoms with van der Waals surface area (Å²) in [7, 11) is 0. The second-order valence-electron chi connectivity index (χ2n) is 4.27. The van der Waals surface area contributed by atoms with Crippen molar-refractivity contribution in [3.63, 3.8) is 0 Å². The van der Waals surface area contributed by atoms with E-state index in [1.165, 1.54) is 6.20 Å². The lowest BCUT2D eigenvalue weighted by atomic mass is 10.1. The molecule has 0 bridgehead atoms. The molecule has 0 spiro atoms. The molecule has 2 aromatic rings. The van der Waals surface area contributed by atoms with Crippen LogP contribution >= 0.6 is 11.6 Å². The van der Waals surface area contributed by atoms with Gasteiger partial charge < -0.3 is 14.9 Å². The highest BCUT2D eigenvalue weighted by Gasteiger charge is 2.16. The Kier molecular flexibility index (Phi) is 5.08. The first-order valence-corrected chi connectivity index (χ1v) is 6.53. The van der Waals surface area contributed by atoms with Gasteiger partial charge in [0, 0.05) is 12.6 Å². The standard InChI is InChI=1S/C14H13ClN2O4/c15-14-16-6-5-10(17-14)8-21-12-4-2-1-3-9(12)7-11(18)13(19)20/h1-6,11,18H,7-8H2,(H,19,20). The second-order valence-corrected chi connectivity index (χ2v) is 4.61. The number of carboxylic acid groups (broad SMARTS) is 1. The van der Waals surface area contributed by atoms with Crippen LogP contribution < -0.4 is 4.74 Å². The molecular weight excluding hydrogens is 296 g/mol. The van der Waals surface area contributed by atoms with Gasteiger partial charge in [0.15, 0.2) is 6.10 Å². The van der Waals surface area contributed by atoms with Crippen LogP contribution in [0.15, 0.2) is 36.5 Å². The molecule has 0 amide bonds. The van der Waals surface area contributed by atoms with Gasteiger partial charge in [-0.25, -0.2) is 14.8 Å². The number of ether oxygens (including phenoxy) is 1. The summed E-state index contributed by atoms with van der Waals surface area (Å²) in [4.78, 5) is 18.5. The first-order chi connectivity index (χ1) is 10.1. The summed E-state index contributed by atoms with van der Waals surface area (Å²) in [5.74, 6) is -0.778. The van der Waals surface area contributed by atoms with Crippen LogP contribution in [0.4, 0.5) is 0 Å². The van der Waals surface area contributed by atoms with Gasteiger partial charge in [-0.05, 0) is 29.3 Å². The monoisotopic (exact) mass is 308 g/mol. The maximum absolute atomic E-state index is 10.7. The zero-order valence-electron chi connectivity index (χ0n) is 10.9. The Balaban J connectivity index is 2.08. The molecule has 21 heavy (non-hydrogen) atoms. The number of nitrogens with zero attached hydrogens (tertiary/aromatic N) is 2. The lowest BCUT2D eigenvalue weighted by Gasteiger charge is -2.12. The minimum absolute atomic E-state index is 0.0317. The molecular formula is C14H13ClN2O4. The number of hydrogen-bond donors (Lipinski definition) is 2. The third kappa shape index (κ3) is 4.40. The maximum Gasteiger partial charge on any atom is 0.332 e. The quantitative estimate of drug-likeness (QED) is 0.789. The van der Waals surface area contributed by atoms with Crippen molar-refractivity contribution in [3.05, 3.63) is 53.1 Å². The van der Waals surface area contributed by atoms with E-state index in [9.17, 15) is 9.90 Å². The van der Waals surface area contributed by atoms with Gasteiger partial charge in [0.1, 0.15) is 12.4 Å². The fourth-order valence-electron chi connectivity index (χ4n) is 1.71. The van der Waals surface area contributed by atoms with Gasteiger partial charge in [-0.1, -0.05) is 18.2 Å². The van der Waals surface area contributed by atoms with Gasteiger partial charge in [-0.2, -0.15) is 0 Å². The Morgan fingerprint density at radius 1 is 1.33 bits per heavy atom. The number of aliphatic carboxylic acids is 1. The highest BCUT2D eigenvalue weighted by atomic mass is 35.5. The number of carboxylic acids is 1. The first kappa shape index (κ1) is 15.2. The van der Waals surface area contributed by atoms with E-state index < -0.39 is 12.1 Å². The third-order valence-electron chi connectivity index (χ3n) is 2.73. The summed E-state index contributed by atoms with van der Waals surface area (Å²) in [5.41, 5.74) is 1.20. The number of carbonyl (C=O) groups is 1. The summed E-state index contributed by atoms with van der Waals surface area (Å²) in [6, 6.07) is 8.58. The molecule has 1 atom stereocenters. The number of aliphatic hydroxyl groups excluding tert-OH is 1. The molecule has 6 nitrogen and oxygen atoms in total. The first-order valence-electron chi connectivity index (χ1n) is 6.15. The van der Waals surface area contributed by atoms with E-state index in [1.807, 2.05) is 0 Å². The molecule has 0 aliphatic carbocycles. The van der Waals surface area contributed by atoms with Crippen molar-refractivity contribution < 1.29 is 19.7 Å². The maximum atomic E-state index is 10.7. The minimum atomic E-state index is -1.47. The molecule has 0 fully saturated rings. The molecule has 2 rings (SSSR count). The van der Waals surface area contributed by atoms with E-state index in [0.29, 0.717) is 17.0 Å². The zero-order chi connectivity index (χ0) is 15.2. The van der Waals surface area contributed by atoms with Gasteiger partial charge >= 0.3 is 5.97 Å². The Morgan fingerprint density at radius 3 is 2.81 bits per heavy atom. The number of hydrogen-bond acceptors (Lipinski definition) is 5. The SMILES string of the molecule is O=C(O)C(O)Cc1ccccc1OCc1ccnc(Cl)n1. The predicted octanol–water partition coefficient (Wildman–Crippen LogP) is 1.70. The Morgan fingerprint density at radius 2 is 2.10 bits per heavy atom. The molecule has 1 heterocycles. The molecule has 0 saturated heterocycles. The highest BCUT2D eigenvalue weighted by Crippen LogP contribution is 2.21. The molecule has 2 N–H and O–H groups in total. The predicted molar refractivity (Wildman–Crippen MR) is 75.2 cm³/mol. The second kappa shape index (κ2) is 7.01. The fourth-order valence-corrected chi connectivity index (χ4v) is 1.88. The summed E-state index contributed by atoms with van der Waals surface area (Å²) in [5, 5.41) is 18.3. The highest BCUT2D eigenvalue weighted by molar-refractivity contribution is 6.28. The van der Waals surface area contributed by atoms with Crippen LogP contribution in [0.5, 0.6) is 5.75 Å². The lowest BCUT2D eigenvalue weighted by Crippen LogP contribution is -2.22. The van der Waals surface area contributed by atoms with Crippen molar-refractivity contribution in [3.8, 4) is 5.75 Å². The Labute approximate surface area is 126 Å². The van der Waals surface area contributed by atoms with E-state index in [4.69, 9.17) is 21.4 Å². The van der Waals surface area contributed by atoms with Gasteiger partial charge in [-0.3, -0.25) is 0 Å². The van der Waals surface area contributed by atoms with Crippen LogP contribution in [0, 0.1) is 0 Å². The van der Waals surface area contributed by atoms with Crippen molar-refractivity contribution in [1.82, 2.24) is 9.97 Å². The summed E-state index contributed by atoms with van der Waals surface area (Å²) in [6.07, 6.45) is 0.0210. The molecule has 0 radical (unpaired) electrons. The van der Waals surface area contributed by atoms with Gasteiger partial charge in [0.2, 0.25) is 5.28 Å². The van der Waals surface area contributed by atoms with Crippen molar-refractivity contribution in [2.24, 2.45) is 0 Å². The van der Waals surface area contributed by atoms with Crippen LogP contribution in [0.3, 0.4) is 0 Å². The molecule has 1 unspecified atom stereocenters. The normalized spacial score (nSPS) is 11.9. The number of rotatable bonds is 6. The van der Waals surface area contributed by atoms with E-state index in [1.54, 1.807) is 30.3 Å². The third-order valence-corrected chi connectivity index (χ3v) is 2.91. The topological polar surface area (TPSA) is 92.5 Å². The summed E-state index contributed by atoms with van der Waals surface area (Å²) in [6.45, 7) is 0.169. The smallest absolute Gasteiger partial charge is 0.332 e. The van der Waals surface area contributed by atoms with E-state index in [-0.39, 0.29) is 18.3 Å². The lowest BCUT2D eigenvalue weighted by molar-refractivity contribution is -0.146. The van der Waals surface area contributed by atoms with Crippen LogP contribution in [0.2, 0.25) is 5.28 Å². The van der Waals surface area contributed by atoms with Crippen LogP contribution in [0.1, 0.15) is 11.3 Å². The van der Waals surface area contributed by atoms with E-state index >= 15 is 0 Å². The average Bonchev–Trinajstić information content (AvgIpc) is 2.46. The number of benzene rings is 1. The Hall–Kier alpha value is -2.18. The molecule has 110 valence electrons. The van der Waals surface area contributed by atoms with Crippen LogP contribution in [0.25, 0.3) is 0 Å². The van der Waals surface area contributed by atoms with E-state index in [2.05, 4.69) is 9.97 Å². The number of halogens is 1. The number of para-hydroxylation sites is 1. The van der Waals surface area contributed by atoms with Crippen LogP contribution in [-0.2, 0) is 17.8 Å². The molecule has 0 aliphatic heterocycles. The van der Waals surface area contributed by atoms with Gasteiger partial charge in [0.05, 0.1) is 5.69 Å². The number of aliphatic hydroxyl groups is 1. The summed E-state index contributed by atoms with van der Waals surface area (Å²) >= 11 is 5.69. The largest absolute Gasteiger partial charge is 0.487 e. The summed E-state index contributed by atoms with van der Waals surface area (Å²) < 4.78 is 5.61. The van der Waals surface area contributed by atoms with Crippen LogP contribution in [-0.4, -0.2) is 32.3 Å². The molecule has 7 heteroatoms. The zero-order valence-corrected chi connectivity index (χ0v) is 11.7. The van der Waals surface area contributed by atoms with Crippen molar-refractivity contribution in [2.45, 2.75) is 19.1 Å². The van der Waals surface area contributed by atoms with Gasteiger partial charge in [0.25, 0.3) is 0 Å². The fraction of sp³-hybridized carbons (Fsp3) is 0.214. The molecule has 1 aromatic carbocycles. The number of aromatic nitrogens is 2. The Bertz CT molecular complexity index is 636. The molecule has 0 aliphatic rings. The average molecular weight is 309 g/mol. The van der Waals surface area contributed by atoms with Crippen molar-refractivity contribution in [1.29, 1.82) is 0 Å². The van der Waals surface area contributed by atoms with Gasteiger partial charge in [-0.15, -0.1) is 0 Å². The van der Waals surface area contributed by atoms with Crippen molar-refractivity contribution >= 4 is 17.6 Å².